The molecule has 0 bridgehead atoms. The molecule has 0 amide bonds. The summed E-state index contributed by atoms with van der Waals surface area (Å²) in [5.74, 6) is 0.395. The van der Waals surface area contributed by atoms with Crippen LogP contribution in [0.25, 0.3) is 0 Å². The number of rotatable bonds is 4. The van der Waals surface area contributed by atoms with Crippen molar-refractivity contribution in [1.29, 1.82) is 0 Å². The Kier molecular flexibility index (Phi) is 4.73. The lowest BCUT2D eigenvalue weighted by atomic mass is 10.3. The van der Waals surface area contributed by atoms with Crippen molar-refractivity contribution in [2.75, 3.05) is 11.9 Å². The van der Waals surface area contributed by atoms with E-state index >= 15 is 0 Å². The van der Waals surface area contributed by atoms with Crippen LogP contribution in [-0.4, -0.2) is 23.6 Å². The van der Waals surface area contributed by atoms with Gasteiger partial charge in [0.15, 0.2) is 0 Å². The zero-order chi connectivity index (χ0) is 12.1. The number of carbonyl (C=O) groups excluding carboxylic acids is 1. The molecule has 1 atom stereocenters. The van der Waals surface area contributed by atoms with E-state index in [1.54, 1.807) is 20.0 Å². The van der Waals surface area contributed by atoms with Crippen LogP contribution in [0.1, 0.15) is 19.4 Å². The Bertz CT molecular complexity index is 382. The molecule has 0 aliphatic heterocycles. The predicted octanol–water partition coefficient (Wildman–Crippen LogP) is 2.52. The summed E-state index contributed by atoms with van der Waals surface area (Å²) in [4.78, 5) is 15.5. The highest BCUT2D eigenvalue weighted by Crippen LogP contribution is 2.17. The first-order chi connectivity index (χ1) is 7.54. The lowest BCUT2D eigenvalue weighted by Gasteiger charge is -2.13. The molecule has 5 heteroatoms. The van der Waals surface area contributed by atoms with Crippen LogP contribution in [0.5, 0.6) is 0 Å². The lowest BCUT2D eigenvalue weighted by molar-refractivity contribution is -0.143. The molecule has 0 saturated carbocycles. The second-order valence-electron chi connectivity index (χ2n) is 3.44. The Balaban J connectivity index is 2.66. The number of aryl methyl sites for hydroxylation is 1. The standard InChI is InChI=1S/C11H15BrN2O2/c1-4-16-11(15)8(3)14-10-5-7(2)9(12)6-13-10/h5-6,8H,4H2,1-3H3,(H,13,14). The monoisotopic (exact) mass is 286 g/mol. The van der Waals surface area contributed by atoms with E-state index < -0.39 is 6.04 Å². The minimum Gasteiger partial charge on any atom is -0.464 e. The molecule has 4 nitrogen and oxygen atoms in total. The minimum absolute atomic E-state index is 0.273. The fraction of sp³-hybridized carbons (Fsp3) is 0.455. The Hall–Kier alpha value is -1.10. The quantitative estimate of drug-likeness (QED) is 0.864. The average molecular weight is 287 g/mol. The molecule has 0 aromatic carbocycles. The second-order valence-corrected chi connectivity index (χ2v) is 4.29. The first-order valence-electron chi connectivity index (χ1n) is 5.10. The summed E-state index contributed by atoms with van der Waals surface area (Å²) in [6.07, 6.45) is 1.70. The fourth-order valence-corrected chi connectivity index (χ4v) is 1.38. The molecule has 88 valence electrons. The Morgan fingerprint density at radius 3 is 2.94 bits per heavy atom. The molecule has 16 heavy (non-hydrogen) atoms. The molecule has 0 saturated heterocycles. The van der Waals surface area contributed by atoms with Crippen LogP contribution in [0.3, 0.4) is 0 Å². The van der Waals surface area contributed by atoms with Crippen LogP contribution in [0.15, 0.2) is 16.7 Å². The van der Waals surface area contributed by atoms with Gasteiger partial charge in [-0.25, -0.2) is 9.78 Å². The van der Waals surface area contributed by atoms with Crippen LogP contribution in [0, 0.1) is 6.92 Å². The maximum Gasteiger partial charge on any atom is 0.328 e. The summed E-state index contributed by atoms with van der Waals surface area (Å²) in [7, 11) is 0. The number of nitrogens with zero attached hydrogens (tertiary/aromatic N) is 1. The zero-order valence-corrected chi connectivity index (χ0v) is 11.2. The van der Waals surface area contributed by atoms with E-state index in [2.05, 4.69) is 26.2 Å². The number of esters is 1. The highest BCUT2D eigenvalue weighted by molar-refractivity contribution is 9.10. The molecule has 1 unspecified atom stereocenters. The van der Waals surface area contributed by atoms with Gasteiger partial charge in [0, 0.05) is 10.7 Å². The molecule has 1 rings (SSSR count). The van der Waals surface area contributed by atoms with Gasteiger partial charge >= 0.3 is 5.97 Å². The van der Waals surface area contributed by atoms with E-state index in [1.807, 2.05) is 13.0 Å². The van der Waals surface area contributed by atoms with Gasteiger partial charge in [-0.3, -0.25) is 0 Å². The van der Waals surface area contributed by atoms with Crippen molar-refractivity contribution >= 4 is 27.7 Å². The van der Waals surface area contributed by atoms with Gasteiger partial charge in [0.2, 0.25) is 0 Å². The molecule has 1 aromatic heterocycles. The summed E-state index contributed by atoms with van der Waals surface area (Å²) in [6.45, 7) is 5.88. The number of pyridine rings is 1. The molecule has 1 heterocycles. The topological polar surface area (TPSA) is 51.2 Å². The molecular formula is C11H15BrN2O2. The average Bonchev–Trinajstić information content (AvgIpc) is 2.24. The minimum atomic E-state index is -0.395. The third kappa shape index (κ3) is 3.48. The lowest BCUT2D eigenvalue weighted by Crippen LogP contribution is -2.28. The van der Waals surface area contributed by atoms with Crippen molar-refractivity contribution < 1.29 is 9.53 Å². The molecule has 0 fully saturated rings. The molecule has 0 aliphatic carbocycles. The van der Waals surface area contributed by atoms with E-state index in [4.69, 9.17) is 4.74 Å². The number of ether oxygens (including phenoxy) is 1. The van der Waals surface area contributed by atoms with Crippen molar-refractivity contribution in [2.45, 2.75) is 26.8 Å². The van der Waals surface area contributed by atoms with Gasteiger partial charge in [0.05, 0.1) is 6.61 Å². The smallest absolute Gasteiger partial charge is 0.328 e. The second kappa shape index (κ2) is 5.84. The summed E-state index contributed by atoms with van der Waals surface area (Å²) in [5, 5.41) is 2.99. The number of halogens is 1. The van der Waals surface area contributed by atoms with Gasteiger partial charge in [-0.05, 0) is 48.3 Å². The van der Waals surface area contributed by atoms with Crippen LogP contribution in [0.2, 0.25) is 0 Å². The van der Waals surface area contributed by atoms with Gasteiger partial charge in [-0.15, -0.1) is 0 Å². The van der Waals surface area contributed by atoms with Crippen molar-refractivity contribution in [3.8, 4) is 0 Å². The SMILES string of the molecule is CCOC(=O)C(C)Nc1cc(C)c(Br)cn1. The number of hydrogen-bond donors (Lipinski definition) is 1. The van der Waals surface area contributed by atoms with Crippen molar-refractivity contribution in [3.05, 3.63) is 22.3 Å². The molecule has 1 aromatic rings. The molecule has 0 radical (unpaired) electrons. The highest BCUT2D eigenvalue weighted by Gasteiger charge is 2.13. The Labute approximate surface area is 104 Å². The van der Waals surface area contributed by atoms with Crippen molar-refractivity contribution in [1.82, 2.24) is 4.98 Å². The number of anilines is 1. The van der Waals surface area contributed by atoms with E-state index in [1.165, 1.54) is 0 Å². The predicted molar refractivity (Wildman–Crippen MR) is 66.4 cm³/mol. The number of carbonyl (C=O) groups is 1. The van der Waals surface area contributed by atoms with Crippen molar-refractivity contribution in [3.63, 3.8) is 0 Å². The first kappa shape index (κ1) is 13.0. The van der Waals surface area contributed by atoms with Gasteiger partial charge in [-0.2, -0.15) is 0 Å². The normalized spacial score (nSPS) is 12.0. The van der Waals surface area contributed by atoms with Gasteiger partial charge in [0.25, 0.3) is 0 Å². The number of aromatic nitrogens is 1. The highest BCUT2D eigenvalue weighted by atomic mass is 79.9. The number of hydrogen-bond acceptors (Lipinski definition) is 4. The third-order valence-electron chi connectivity index (χ3n) is 2.05. The molecule has 0 aliphatic rings. The summed E-state index contributed by atoms with van der Waals surface area (Å²) >= 11 is 3.37. The first-order valence-corrected chi connectivity index (χ1v) is 5.89. The Morgan fingerprint density at radius 1 is 1.69 bits per heavy atom. The maximum atomic E-state index is 11.4. The van der Waals surface area contributed by atoms with Crippen molar-refractivity contribution in [2.24, 2.45) is 0 Å². The van der Waals surface area contributed by atoms with Crippen LogP contribution in [0.4, 0.5) is 5.82 Å². The largest absolute Gasteiger partial charge is 0.464 e. The maximum absolute atomic E-state index is 11.4. The van der Waals surface area contributed by atoms with Crippen LogP contribution < -0.4 is 5.32 Å². The molecule has 1 N–H and O–H groups in total. The summed E-state index contributed by atoms with van der Waals surface area (Å²) < 4.78 is 5.84. The third-order valence-corrected chi connectivity index (χ3v) is 2.88. The van der Waals surface area contributed by atoms with E-state index in [0.29, 0.717) is 12.4 Å². The molecular weight excluding hydrogens is 272 g/mol. The Morgan fingerprint density at radius 2 is 2.38 bits per heavy atom. The van der Waals surface area contributed by atoms with E-state index in [-0.39, 0.29) is 5.97 Å². The van der Waals surface area contributed by atoms with Crippen LogP contribution >= 0.6 is 15.9 Å². The van der Waals surface area contributed by atoms with Gasteiger partial charge < -0.3 is 10.1 Å². The van der Waals surface area contributed by atoms with Crippen LogP contribution in [-0.2, 0) is 9.53 Å². The zero-order valence-electron chi connectivity index (χ0n) is 9.58. The summed E-state index contributed by atoms with van der Waals surface area (Å²) in [6, 6.07) is 1.48. The number of nitrogens with one attached hydrogen (secondary N) is 1. The van der Waals surface area contributed by atoms with Gasteiger partial charge in [0.1, 0.15) is 11.9 Å². The van der Waals surface area contributed by atoms with Gasteiger partial charge in [-0.1, -0.05) is 0 Å². The fourth-order valence-electron chi connectivity index (χ4n) is 1.17. The summed E-state index contributed by atoms with van der Waals surface area (Å²) in [5.41, 5.74) is 1.06. The van der Waals surface area contributed by atoms with E-state index in [0.717, 1.165) is 10.0 Å². The molecule has 0 spiro atoms. The van der Waals surface area contributed by atoms with E-state index in [9.17, 15) is 4.79 Å².